The van der Waals surface area contributed by atoms with Gasteiger partial charge in [-0.25, -0.2) is 0 Å². The third kappa shape index (κ3) is 7.13. The molecule has 4 rings (SSSR count). The van der Waals surface area contributed by atoms with Crippen molar-refractivity contribution in [2.24, 2.45) is 0 Å². The first-order valence-electron chi connectivity index (χ1n) is 12.7. The molecule has 5 nitrogen and oxygen atoms in total. The third-order valence-corrected chi connectivity index (χ3v) is 7.79. The molecule has 2 aromatic carbocycles. The summed E-state index contributed by atoms with van der Waals surface area (Å²) >= 11 is 12.6. The summed E-state index contributed by atoms with van der Waals surface area (Å²) in [5, 5.41) is 1.11. The number of carbonyl (C=O) groups is 1. The van der Waals surface area contributed by atoms with Gasteiger partial charge in [-0.1, -0.05) is 41.4 Å². The highest BCUT2D eigenvalue weighted by Gasteiger charge is 2.35. The fraction of sp³-hybridized carbons (Fsp3) is 0.536. The van der Waals surface area contributed by atoms with Gasteiger partial charge in [0.2, 0.25) is 5.91 Å². The van der Waals surface area contributed by atoms with Crippen LogP contribution >= 0.6 is 23.2 Å². The summed E-state index contributed by atoms with van der Waals surface area (Å²) in [6.45, 7) is 2.17. The number of piperidine rings is 1. The van der Waals surface area contributed by atoms with Crippen molar-refractivity contribution in [3.05, 3.63) is 63.6 Å². The molecule has 190 valence electrons. The van der Waals surface area contributed by atoms with Crippen LogP contribution in [0.1, 0.15) is 62.0 Å². The molecule has 0 N–H and O–H groups in total. The van der Waals surface area contributed by atoms with E-state index in [2.05, 4.69) is 4.90 Å². The largest absolute Gasteiger partial charge is 0.497 e. The van der Waals surface area contributed by atoms with Gasteiger partial charge in [0, 0.05) is 31.7 Å². The fourth-order valence-corrected chi connectivity index (χ4v) is 5.57. The number of amides is 1. The number of hydrogen-bond donors (Lipinski definition) is 0. The number of halogens is 2. The van der Waals surface area contributed by atoms with E-state index < -0.39 is 0 Å². The minimum absolute atomic E-state index is 0.0787. The smallest absolute Gasteiger partial charge is 0.227 e. The molecule has 0 spiro atoms. The first-order chi connectivity index (χ1) is 17.0. The van der Waals surface area contributed by atoms with Gasteiger partial charge in [0.1, 0.15) is 5.75 Å². The number of methoxy groups -OCH3 is 1. The van der Waals surface area contributed by atoms with Gasteiger partial charge in [-0.05, 0) is 80.3 Å². The first kappa shape index (κ1) is 26.3. The zero-order valence-electron chi connectivity index (χ0n) is 20.4. The predicted octanol–water partition coefficient (Wildman–Crippen LogP) is 6.64. The number of rotatable bonds is 9. The van der Waals surface area contributed by atoms with Gasteiger partial charge >= 0.3 is 0 Å². The number of likely N-dealkylation sites (tertiary alicyclic amines) is 1. The Hall–Kier alpha value is -1.79. The second-order valence-corrected chi connectivity index (χ2v) is 10.2. The van der Waals surface area contributed by atoms with Crippen LogP contribution < -0.4 is 4.74 Å². The zero-order valence-corrected chi connectivity index (χ0v) is 21.9. The lowest BCUT2D eigenvalue weighted by Crippen LogP contribution is -2.48. The molecule has 2 fully saturated rings. The molecule has 2 aliphatic heterocycles. The van der Waals surface area contributed by atoms with Gasteiger partial charge in [-0.3, -0.25) is 4.79 Å². The van der Waals surface area contributed by atoms with Crippen LogP contribution in [0.25, 0.3) is 0 Å². The molecular formula is C28H35Cl2NO4. The summed E-state index contributed by atoms with van der Waals surface area (Å²) < 4.78 is 17.0. The van der Waals surface area contributed by atoms with Crippen molar-refractivity contribution in [2.75, 3.05) is 26.9 Å². The SMILES string of the molecule is COc1cccc(CC(=O)N2CCCC(c3ccc(Cl)c(Cl)c3)C2CCCOC2CCCCO2)c1. The van der Waals surface area contributed by atoms with E-state index in [1.54, 1.807) is 7.11 Å². The molecule has 2 aromatic rings. The Kier molecular flexibility index (Phi) is 9.73. The van der Waals surface area contributed by atoms with Crippen LogP contribution in [0.4, 0.5) is 0 Å². The Morgan fingerprint density at radius 2 is 1.97 bits per heavy atom. The topological polar surface area (TPSA) is 48.0 Å². The van der Waals surface area contributed by atoms with Crippen molar-refractivity contribution in [2.45, 2.75) is 69.6 Å². The Labute approximate surface area is 218 Å². The maximum absolute atomic E-state index is 13.5. The average molecular weight is 520 g/mol. The maximum atomic E-state index is 13.5. The molecular weight excluding hydrogens is 485 g/mol. The molecule has 2 aliphatic rings. The monoisotopic (exact) mass is 519 g/mol. The molecule has 2 saturated heterocycles. The van der Waals surface area contributed by atoms with Gasteiger partial charge < -0.3 is 19.1 Å². The lowest BCUT2D eigenvalue weighted by atomic mass is 9.81. The number of hydrogen-bond acceptors (Lipinski definition) is 4. The summed E-state index contributed by atoms with van der Waals surface area (Å²) in [5.74, 6) is 1.12. The summed E-state index contributed by atoms with van der Waals surface area (Å²) in [4.78, 5) is 15.6. The molecule has 1 amide bonds. The minimum Gasteiger partial charge on any atom is -0.497 e. The van der Waals surface area contributed by atoms with E-state index in [-0.39, 0.29) is 24.2 Å². The van der Waals surface area contributed by atoms with E-state index in [1.165, 1.54) is 0 Å². The number of ether oxygens (including phenoxy) is 3. The number of nitrogens with zero attached hydrogens (tertiary/aromatic N) is 1. The lowest BCUT2D eigenvalue weighted by molar-refractivity contribution is -0.163. The van der Waals surface area contributed by atoms with Crippen molar-refractivity contribution in [3.63, 3.8) is 0 Å². The van der Waals surface area contributed by atoms with Crippen LogP contribution in [0.5, 0.6) is 5.75 Å². The van der Waals surface area contributed by atoms with Gasteiger partial charge in [0.05, 0.1) is 23.6 Å². The molecule has 35 heavy (non-hydrogen) atoms. The average Bonchev–Trinajstić information content (AvgIpc) is 2.89. The van der Waals surface area contributed by atoms with E-state index in [0.717, 1.165) is 75.0 Å². The van der Waals surface area contributed by atoms with Crippen LogP contribution in [0.3, 0.4) is 0 Å². The summed E-state index contributed by atoms with van der Waals surface area (Å²) in [7, 11) is 1.64. The number of benzene rings is 2. The lowest BCUT2D eigenvalue weighted by Gasteiger charge is -2.42. The maximum Gasteiger partial charge on any atom is 0.227 e. The summed E-state index contributed by atoms with van der Waals surface area (Å²) in [5.41, 5.74) is 2.10. The summed E-state index contributed by atoms with van der Waals surface area (Å²) in [6, 6.07) is 13.7. The van der Waals surface area contributed by atoms with Crippen LogP contribution in [0.2, 0.25) is 10.0 Å². The van der Waals surface area contributed by atoms with E-state index in [0.29, 0.717) is 23.1 Å². The second kappa shape index (κ2) is 13.0. The molecule has 2 heterocycles. The zero-order chi connectivity index (χ0) is 24.6. The van der Waals surface area contributed by atoms with Crippen LogP contribution in [-0.4, -0.2) is 50.0 Å². The molecule has 0 bridgehead atoms. The van der Waals surface area contributed by atoms with Gasteiger partial charge in [-0.2, -0.15) is 0 Å². The van der Waals surface area contributed by atoms with Gasteiger partial charge in [0.25, 0.3) is 0 Å². The van der Waals surface area contributed by atoms with Crippen molar-refractivity contribution >= 4 is 29.1 Å². The standard InChI is InChI=1S/C28H35Cl2NO4/c1-33-22-8-4-7-20(17-22)18-27(32)31-14-5-9-23(21-12-13-24(29)25(30)19-21)26(31)10-6-16-35-28-11-2-3-15-34-28/h4,7-8,12-13,17,19,23,26,28H,2-3,5-6,9-11,14-16,18H2,1H3. The Bertz CT molecular complexity index is 979. The molecule has 0 aromatic heterocycles. The van der Waals surface area contributed by atoms with Crippen molar-refractivity contribution < 1.29 is 19.0 Å². The number of carbonyl (C=O) groups excluding carboxylic acids is 1. The highest BCUT2D eigenvalue weighted by Crippen LogP contribution is 2.38. The van der Waals surface area contributed by atoms with Crippen molar-refractivity contribution in [3.8, 4) is 5.75 Å². The molecule has 0 aliphatic carbocycles. The van der Waals surface area contributed by atoms with E-state index in [4.69, 9.17) is 37.4 Å². The molecule has 0 saturated carbocycles. The van der Waals surface area contributed by atoms with Gasteiger partial charge in [0.15, 0.2) is 6.29 Å². The van der Waals surface area contributed by atoms with Crippen LogP contribution in [-0.2, 0) is 20.7 Å². The highest BCUT2D eigenvalue weighted by molar-refractivity contribution is 6.42. The molecule has 3 atom stereocenters. The molecule has 7 heteroatoms. The first-order valence-corrected chi connectivity index (χ1v) is 13.4. The predicted molar refractivity (Wildman–Crippen MR) is 139 cm³/mol. The minimum atomic E-state index is -0.0910. The quantitative estimate of drug-likeness (QED) is 0.348. The Balaban J connectivity index is 1.47. The van der Waals surface area contributed by atoms with Crippen LogP contribution in [0.15, 0.2) is 42.5 Å². The second-order valence-electron chi connectivity index (χ2n) is 9.41. The van der Waals surface area contributed by atoms with Crippen molar-refractivity contribution in [1.82, 2.24) is 4.90 Å². The Morgan fingerprint density at radius 1 is 1.09 bits per heavy atom. The summed E-state index contributed by atoms with van der Waals surface area (Å²) in [6.07, 6.45) is 7.18. The third-order valence-electron chi connectivity index (χ3n) is 7.05. The highest BCUT2D eigenvalue weighted by atomic mass is 35.5. The normalized spacial score (nSPS) is 22.7. The van der Waals surface area contributed by atoms with Crippen molar-refractivity contribution in [1.29, 1.82) is 0 Å². The van der Waals surface area contributed by atoms with E-state index >= 15 is 0 Å². The van der Waals surface area contributed by atoms with Gasteiger partial charge in [-0.15, -0.1) is 0 Å². The fourth-order valence-electron chi connectivity index (χ4n) is 5.26. The van der Waals surface area contributed by atoms with E-state index in [1.807, 2.05) is 42.5 Å². The van der Waals surface area contributed by atoms with E-state index in [9.17, 15) is 4.79 Å². The molecule has 3 unspecified atom stereocenters. The van der Waals surface area contributed by atoms with Crippen LogP contribution in [0, 0.1) is 0 Å². The Morgan fingerprint density at radius 3 is 2.74 bits per heavy atom. The molecule has 0 radical (unpaired) electrons.